The summed E-state index contributed by atoms with van der Waals surface area (Å²) in [4.78, 5) is 20.2. The van der Waals surface area contributed by atoms with E-state index in [1.807, 2.05) is 12.1 Å². The van der Waals surface area contributed by atoms with Gasteiger partial charge in [0.2, 0.25) is 22.8 Å². The molecule has 0 saturated carbocycles. The maximum atomic E-state index is 12.1. The van der Waals surface area contributed by atoms with Crippen molar-refractivity contribution in [1.82, 2.24) is 35.5 Å². The maximum Gasteiger partial charge on any atom is 0.239 e. The highest BCUT2D eigenvalue weighted by molar-refractivity contribution is 8.00. The Morgan fingerprint density at radius 3 is 2.93 bits per heavy atom. The van der Waals surface area contributed by atoms with Crippen LogP contribution < -0.4 is 5.32 Å². The Bertz CT molecular complexity index is 1160. The largest absolute Gasteiger partial charge is 0.339 e. The number of anilines is 1. The molecule has 1 aromatic carbocycles. The molecule has 0 aliphatic rings. The number of carbonyl (C=O) groups is 1. The first-order valence-corrected chi connectivity index (χ1v) is 10.4. The van der Waals surface area contributed by atoms with Crippen molar-refractivity contribution in [3.63, 3.8) is 0 Å². The van der Waals surface area contributed by atoms with Gasteiger partial charge >= 0.3 is 0 Å². The summed E-state index contributed by atoms with van der Waals surface area (Å²) in [5.41, 5.74) is 1.70. The van der Waals surface area contributed by atoms with Crippen LogP contribution in [0.2, 0.25) is 0 Å². The van der Waals surface area contributed by atoms with Gasteiger partial charge in [-0.1, -0.05) is 40.4 Å². The number of thioether (sulfide) groups is 1. The van der Waals surface area contributed by atoms with Crippen molar-refractivity contribution < 1.29 is 9.32 Å². The molecule has 0 spiro atoms. The van der Waals surface area contributed by atoms with Gasteiger partial charge in [-0.25, -0.2) is 4.98 Å². The van der Waals surface area contributed by atoms with E-state index in [9.17, 15) is 4.79 Å². The third kappa shape index (κ3) is 5.04. The molecule has 3 heterocycles. The fourth-order valence-corrected chi connectivity index (χ4v) is 4.03. The molecule has 4 aromatic rings. The van der Waals surface area contributed by atoms with Gasteiger partial charge in [-0.3, -0.25) is 9.89 Å². The van der Waals surface area contributed by atoms with Crippen LogP contribution in [-0.4, -0.2) is 41.4 Å². The van der Waals surface area contributed by atoms with Crippen LogP contribution in [0, 0.1) is 11.3 Å². The Balaban J connectivity index is 1.24. The molecule has 150 valence electrons. The molecule has 2 N–H and O–H groups in total. The second kappa shape index (κ2) is 9.25. The summed E-state index contributed by atoms with van der Waals surface area (Å²) in [7, 11) is 0. The van der Waals surface area contributed by atoms with Gasteiger partial charge in [0.05, 0.1) is 11.6 Å². The molecule has 30 heavy (non-hydrogen) atoms. The number of carbonyl (C=O) groups excluding carboxylic acids is 1. The second-order valence-corrected chi connectivity index (χ2v) is 8.06. The number of rotatable bonds is 8. The predicted molar refractivity (Wildman–Crippen MR) is 107 cm³/mol. The summed E-state index contributed by atoms with van der Waals surface area (Å²) >= 11 is 2.81. The van der Waals surface area contributed by atoms with E-state index in [1.54, 1.807) is 12.1 Å². The molecule has 0 aliphatic heterocycles. The molecule has 0 bridgehead atoms. The number of hydrogen-bond acceptors (Lipinski definition) is 11. The summed E-state index contributed by atoms with van der Waals surface area (Å²) in [5, 5.41) is 30.2. The van der Waals surface area contributed by atoms with Crippen LogP contribution in [0.15, 0.2) is 39.5 Å². The number of amides is 1. The van der Waals surface area contributed by atoms with Crippen LogP contribution in [-0.2, 0) is 17.0 Å². The Kier molecular flexibility index (Phi) is 6.06. The highest BCUT2D eigenvalue weighted by Crippen LogP contribution is 2.28. The quantitative estimate of drug-likeness (QED) is 0.308. The first kappa shape index (κ1) is 19.7. The van der Waals surface area contributed by atoms with E-state index in [-0.39, 0.29) is 24.6 Å². The highest BCUT2D eigenvalue weighted by Gasteiger charge is 2.14. The Hall–Kier alpha value is -3.63. The predicted octanol–water partition coefficient (Wildman–Crippen LogP) is 2.44. The lowest BCUT2D eigenvalue weighted by Crippen LogP contribution is -2.12. The van der Waals surface area contributed by atoms with Gasteiger partial charge in [-0.15, -0.1) is 10.2 Å². The van der Waals surface area contributed by atoms with Crippen molar-refractivity contribution in [3.8, 4) is 17.7 Å². The van der Waals surface area contributed by atoms with Crippen molar-refractivity contribution in [2.24, 2.45) is 0 Å². The minimum atomic E-state index is -0.228. The summed E-state index contributed by atoms with van der Waals surface area (Å²) < 4.78 is 5.85. The molecule has 4 rings (SSSR count). The van der Waals surface area contributed by atoms with Gasteiger partial charge in [-0.05, 0) is 17.7 Å². The van der Waals surface area contributed by atoms with Crippen LogP contribution in [0.4, 0.5) is 5.13 Å². The molecular formula is C17H13N9O2S2. The van der Waals surface area contributed by atoms with E-state index in [0.717, 1.165) is 9.90 Å². The molecule has 0 aliphatic carbocycles. The van der Waals surface area contributed by atoms with Crippen LogP contribution >= 0.6 is 23.1 Å². The summed E-state index contributed by atoms with van der Waals surface area (Å²) in [6.45, 7) is 0. The highest BCUT2D eigenvalue weighted by atomic mass is 32.2. The molecule has 0 fully saturated rings. The Labute approximate surface area is 178 Å². The molecule has 13 heteroatoms. The van der Waals surface area contributed by atoms with Crippen LogP contribution in [0.1, 0.15) is 23.4 Å². The monoisotopic (exact) mass is 439 g/mol. The third-order valence-electron chi connectivity index (χ3n) is 3.76. The van der Waals surface area contributed by atoms with Gasteiger partial charge in [0.1, 0.15) is 6.33 Å². The molecule has 0 saturated heterocycles. The van der Waals surface area contributed by atoms with Gasteiger partial charge in [0.15, 0.2) is 10.2 Å². The number of hydrogen-bond donors (Lipinski definition) is 2. The van der Waals surface area contributed by atoms with Gasteiger partial charge in [0, 0.05) is 18.6 Å². The summed E-state index contributed by atoms with van der Waals surface area (Å²) in [5.74, 6) is 1.48. The third-order valence-corrected chi connectivity index (χ3v) is 5.80. The SMILES string of the molecule is N#Cc1ccc(CSc2nnc(NC(=O)CCc3nc(-c4ncn[nH]4)no3)s2)cc1. The lowest BCUT2D eigenvalue weighted by Gasteiger charge is -1.99. The van der Waals surface area contributed by atoms with Gasteiger partial charge in [0.25, 0.3) is 0 Å². The summed E-state index contributed by atoms with van der Waals surface area (Å²) in [6, 6.07) is 9.45. The number of aromatic amines is 1. The molecule has 11 nitrogen and oxygen atoms in total. The molecule has 1 amide bonds. The number of nitriles is 1. The van der Waals surface area contributed by atoms with E-state index >= 15 is 0 Å². The van der Waals surface area contributed by atoms with E-state index in [1.165, 1.54) is 29.4 Å². The zero-order chi connectivity index (χ0) is 20.8. The Morgan fingerprint density at radius 2 is 2.17 bits per heavy atom. The molecule has 0 unspecified atom stereocenters. The first-order valence-electron chi connectivity index (χ1n) is 8.63. The summed E-state index contributed by atoms with van der Waals surface area (Å²) in [6.07, 6.45) is 1.79. The smallest absolute Gasteiger partial charge is 0.239 e. The lowest BCUT2D eigenvalue weighted by molar-refractivity contribution is -0.116. The number of aryl methyl sites for hydroxylation is 1. The first-order chi connectivity index (χ1) is 14.7. The number of nitrogens with one attached hydrogen (secondary N) is 2. The standard InChI is InChI=1S/C17H13N9O2S2/c18-7-10-1-3-11(4-2-10)8-29-17-25-24-16(30-17)21-12(27)5-6-13-22-15(26-28-13)14-19-9-20-23-14/h1-4,9H,5-6,8H2,(H,19,20,23)(H,21,24,27). The Morgan fingerprint density at radius 1 is 1.30 bits per heavy atom. The van der Waals surface area contributed by atoms with Crippen LogP contribution in [0.25, 0.3) is 11.6 Å². The number of benzene rings is 1. The molecule has 0 radical (unpaired) electrons. The molecule has 0 atom stereocenters. The minimum Gasteiger partial charge on any atom is -0.339 e. The number of aromatic nitrogens is 7. The van der Waals surface area contributed by atoms with Crippen LogP contribution in [0.3, 0.4) is 0 Å². The second-order valence-electron chi connectivity index (χ2n) is 5.86. The van der Waals surface area contributed by atoms with Crippen molar-refractivity contribution in [2.75, 3.05) is 5.32 Å². The van der Waals surface area contributed by atoms with Crippen molar-refractivity contribution in [1.29, 1.82) is 5.26 Å². The van der Waals surface area contributed by atoms with Crippen molar-refractivity contribution >= 4 is 34.1 Å². The van der Waals surface area contributed by atoms with Gasteiger partial charge < -0.3 is 9.84 Å². The van der Waals surface area contributed by atoms with Crippen LogP contribution in [0.5, 0.6) is 0 Å². The maximum absolute atomic E-state index is 12.1. The molecule has 3 aromatic heterocycles. The number of H-pyrrole nitrogens is 1. The van der Waals surface area contributed by atoms with E-state index in [2.05, 4.69) is 46.9 Å². The van der Waals surface area contributed by atoms with E-state index < -0.39 is 0 Å². The van der Waals surface area contributed by atoms with E-state index in [0.29, 0.717) is 28.2 Å². The average molecular weight is 439 g/mol. The number of nitrogens with zero attached hydrogens (tertiary/aromatic N) is 7. The van der Waals surface area contributed by atoms with E-state index in [4.69, 9.17) is 9.78 Å². The fraction of sp³-hybridized carbons (Fsp3) is 0.176. The lowest BCUT2D eigenvalue weighted by atomic mass is 10.2. The minimum absolute atomic E-state index is 0.158. The fourth-order valence-electron chi connectivity index (χ4n) is 2.31. The van der Waals surface area contributed by atoms with Crippen molar-refractivity contribution in [2.45, 2.75) is 22.9 Å². The zero-order valence-electron chi connectivity index (χ0n) is 15.3. The van der Waals surface area contributed by atoms with Gasteiger partial charge in [-0.2, -0.15) is 15.3 Å². The normalized spacial score (nSPS) is 10.6. The van der Waals surface area contributed by atoms with Crippen molar-refractivity contribution in [3.05, 3.63) is 47.6 Å². The average Bonchev–Trinajstić information content (AvgIpc) is 3.53. The molecular weight excluding hydrogens is 426 g/mol. The zero-order valence-corrected chi connectivity index (χ0v) is 16.9. The topological polar surface area (TPSA) is 159 Å².